The van der Waals surface area contributed by atoms with Crippen LogP contribution in [0.4, 0.5) is 0 Å². The van der Waals surface area contributed by atoms with E-state index in [1.54, 1.807) is 0 Å². The van der Waals surface area contributed by atoms with Crippen LogP contribution in [0.2, 0.25) is 0 Å². The Morgan fingerprint density at radius 3 is 1.62 bits per heavy atom. The molecule has 52 valence electrons. The molecule has 0 N–H and O–H groups in total. The average Bonchev–Trinajstić information content (AvgIpc) is 1.69. The van der Waals surface area contributed by atoms with Crippen molar-refractivity contribution in [1.29, 1.82) is 0 Å². The minimum absolute atomic E-state index is 0. The highest BCUT2D eigenvalue weighted by Gasteiger charge is 1.44. The number of carbonyl (C=O) groups excluding carboxylic acids is 1. The molecular weight excluding hydrogens is 128 g/mol. The molecule has 0 rings (SSSR count). The van der Waals surface area contributed by atoms with Crippen LogP contribution in [0.5, 0.6) is 0 Å². The lowest BCUT2D eigenvalue weighted by molar-refractivity contribution is -0.126. The van der Waals surface area contributed by atoms with E-state index in [-0.39, 0.29) is 12.4 Å². The van der Waals surface area contributed by atoms with E-state index in [0.717, 1.165) is 0 Å². The summed E-state index contributed by atoms with van der Waals surface area (Å²) in [6.07, 6.45) is 1.25. The van der Waals surface area contributed by atoms with Crippen molar-refractivity contribution in [3.05, 3.63) is 0 Å². The van der Waals surface area contributed by atoms with E-state index in [4.69, 9.17) is 4.79 Å². The Morgan fingerprint density at radius 1 is 1.50 bits per heavy atom. The molecule has 0 saturated carbocycles. The summed E-state index contributed by atoms with van der Waals surface area (Å²) in [6.45, 7) is 4.62. The zero-order valence-corrected chi connectivity index (χ0v) is 6.33. The summed E-state index contributed by atoms with van der Waals surface area (Å²) in [4.78, 5) is 8.95. The molecule has 8 heavy (non-hydrogen) atoms. The average molecular weight is 141 g/mol. The van der Waals surface area contributed by atoms with Crippen LogP contribution in [0.25, 0.3) is 0 Å². The Hall–Kier alpha value is -0.240. The second kappa shape index (κ2) is 29.4. The number of hydrogen-bond donors (Lipinski definition) is 0. The molecule has 2 nitrogen and oxygen atoms in total. The molecule has 0 aliphatic heterocycles. The van der Waals surface area contributed by atoms with Gasteiger partial charge in [-0.3, -0.25) is 4.79 Å². The van der Waals surface area contributed by atoms with Crippen molar-refractivity contribution in [2.75, 3.05) is 7.11 Å². The number of hydrogen-bond acceptors (Lipinski definition) is 2. The molecule has 0 aliphatic carbocycles. The van der Waals surface area contributed by atoms with E-state index in [1.165, 1.54) is 13.5 Å². The van der Waals surface area contributed by atoms with Gasteiger partial charge < -0.3 is 4.74 Å². The highest BCUT2D eigenvalue weighted by molar-refractivity contribution is 5.85. The highest BCUT2D eigenvalue weighted by Crippen LogP contribution is 1.56. The monoisotopic (exact) mass is 140 g/mol. The van der Waals surface area contributed by atoms with Crippen LogP contribution in [0.3, 0.4) is 0 Å². The molecule has 0 radical (unpaired) electrons. The summed E-state index contributed by atoms with van der Waals surface area (Å²) in [5.74, 6) is 0. The van der Waals surface area contributed by atoms with Crippen molar-refractivity contribution >= 4 is 18.9 Å². The van der Waals surface area contributed by atoms with Crippen molar-refractivity contribution in [1.82, 2.24) is 0 Å². The Balaban J connectivity index is -0.0000000575. The zero-order valence-electron chi connectivity index (χ0n) is 5.51. The summed E-state index contributed by atoms with van der Waals surface area (Å²) >= 11 is 0. The fourth-order valence-electron chi connectivity index (χ4n) is 0. The van der Waals surface area contributed by atoms with E-state index < -0.39 is 0 Å². The third-order valence-electron chi connectivity index (χ3n) is 0.0962. The summed E-state index contributed by atoms with van der Waals surface area (Å²) in [5.41, 5.74) is 0. The highest BCUT2D eigenvalue weighted by atomic mass is 35.5. The van der Waals surface area contributed by atoms with E-state index in [0.29, 0.717) is 6.47 Å². The quantitative estimate of drug-likeness (QED) is 0.518. The van der Waals surface area contributed by atoms with Crippen LogP contribution < -0.4 is 0 Å². The predicted molar refractivity (Wildman–Crippen MR) is 36.3 cm³/mol. The first kappa shape index (κ1) is 15.7. The molecule has 0 aliphatic rings. The molecule has 0 fully saturated rings. The maximum Gasteiger partial charge on any atom is 0.292 e. The van der Waals surface area contributed by atoms with Gasteiger partial charge in [0.25, 0.3) is 6.47 Å². The van der Waals surface area contributed by atoms with Crippen molar-refractivity contribution in [2.45, 2.75) is 20.3 Å². The number of carbonyl (C=O) groups is 1. The van der Waals surface area contributed by atoms with Crippen LogP contribution in [-0.2, 0) is 9.53 Å². The van der Waals surface area contributed by atoms with E-state index in [2.05, 4.69) is 18.6 Å². The van der Waals surface area contributed by atoms with Crippen LogP contribution in [0.15, 0.2) is 0 Å². The van der Waals surface area contributed by atoms with Gasteiger partial charge in [-0.2, -0.15) is 0 Å². The van der Waals surface area contributed by atoms with Gasteiger partial charge in [0.2, 0.25) is 0 Å². The Morgan fingerprint density at radius 2 is 1.62 bits per heavy atom. The Bertz CT molecular complexity index is 31.6. The minimum Gasteiger partial charge on any atom is -0.471 e. The van der Waals surface area contributed by atoms with Gasteiger partial charge in [-0.25, -0.2) is 0 Å². The summed E-state index contributed by atoms with van der Waals surface area (Å²) in [6, 6.07) is 0. The largest absolute Gasteiger partial charge is 0.471 e. The second-order valence-corrected chi connectivity index (χ2v) is 1.04. The van der Waals surface area contributed by atoms with Gasteiger partial charge >= 0.3 is 0 Å². The van der Waals surface area contributed by atoms with Crippen LogP contribution in [-0.4, -0.2) is 13.6 Å². The minimum atomic E-state index is 0. The van der Waals surface area contributed by atoms with Gasteiger partial charge in [0, 0.05) is 0 Å². The molecule has 0 aromatic heterocycles. The first-order valence-electron chi connectivity index (χ1n) is 2.29. The summed E-state index contributed by atoms with van der Waals surface area (Å²) < 4.78 is 3.86. The lowest BCUT2D eigenvalue weighted by Crippen LogP contribution is -1.68. The van der Waals surface area contributed by atoms with Gasteiger partial charge in [0.1, 0.15) is 0 Å². The number of ether oxygens (including phenoxy) is 1. The predicted octanol–water partition coefficient (Wildman–Crippen LogP) is 1.63. The number of methoxy groups -OCH3 is 1. The Labute approximate surface area is 56.6 Å². The van der Waals surface area contributed by atoms with Crippen molar-refractivity contribution < 1.29 is 9.53 Å². The molecule has 3 heteroatoms. The van der Waals surface area contributed by atoms with Crippen molar-refractivity contribution in [2.24, 2.45) is 0 Å². The fourth-order valence-corrected chi connectivity index (χ4v) is 0. The molecule has 0 bridgehead atoms. The smallest absolute Gasteiger partial charge is 0.292 e. The van der Waals surface area contributed by atoms with Gasteiger partial charge in [-0.05, 0) is 0 Å². The van der Waals surface area contributed by atoms with Crippen LogP contribution in [0.1, 0.15) is 20.3 Å². The second-order valence-electron chi connectivity index (χ2n) is 1.04. The standard InChI is InChI=1S/C3H8.C2H4O2.ClH/c1-3-2;1-4-2-3;/h3H2,1-2H3;2H,1H3;1H. The third kappa shape index (κ3) is 226. The van der Waals surface area contributed by atoms with Gasteiger partial charge in [-0.15, -0.1) is 12.4 Å². The molecule has 0 saturated heterocycles. The SMILES string of the molecule is CCC.COC=O.Cl. The van der Waals surface area contributed by atoms with E-state index >= 15 is 0 Å². The van der Waals surface area contributed by atoms with Crippen molar-refractivity contribution in [3.63, 3.8) is 0 Å². The lowest BCUT2D eigenvalue weighted by atomic mass is 10.6. The number of halogens is 1. The Kier molecular flexibility index (Phi) is 57.6. The zero-order chi connectivity index (χ0) is 6.12. The normalized spacial score (nSPS) is 4.88. The van der Waals surface area contributed by atoms with Crippen molar-refractivity contribution in [3.8, 4) is 0 Å². The summed E-state index contributed by atoms with van der Waals surface area (Å²) in [7, 11) is 1.31. The lowest BCUT2D eigenvalue weighted by Gasteiger charge is -1.67. The number of rotatable bonds is 1. The first-order valence-corrected chi connectivity index (χ1v) is 2.29. The molecule has 0 amide bonds. The maximum atomic E-state index is 8.95. The molecule has 0 aromatic rings. The van der Waals surface area contributed by atoms with Gasteiger partial charge in [0.15, 0.2) is 0 Å². The van der Waals surface area contributed by atoms with Crippen LogP contribution in [0, 0.1) is 0 Å². The summed E-state index contributed by atoms with van der Waals surface area (Å²) in [5, 5.41) is 0. The molecule has 0 heterocycles. The molecule has 0 atom stereocenters. The topological polar surface area (TPSA) is 26.3 Å². The first-order chi connectivity index (χ1) is 3.33. The van der Waals surface area contributed by atoms with Gasteiger partial charge in [0.05, 0.1) is 7.11 Å². The molecular formula is C5H13ClO2. The van der Waals surface area contributed by atoms with Gasteiger partial charge in [-0.1, -0.05) is 20.3 Å². The fraction of sp³-hybridized carbons (Fsp3) is 0.800. The maximum absolute atomic E-state index is 8.95. The molecule has 0 unspecified atom stereocenters. The van der Waals surface area contributed by atoms with E-state index in [1.807, 2.05) is 0 Å². The molecule has 0 aromatic carbocycles. The van der Waals surface area contributed by atoms with E-state index in [9.17, 15) is 0 Å². The van der Waals surface area contributed by atoms with Crippen LogP contribution >= 0.6 is 12.4 Å². The third-order valence-corrected chi connectivity index (χ3v) is 0.0962. The molecule has 0 spiro atoms.